The number of hydrogen-bond acceptors (Lipinski definition) is 5. The van der Waals surface area contributed by atoms with Crippen molar-refractivity contribution in [2.24, 2.45) is 5.92 Å². The Balaban J connectivity index is 1.78. The molecule has 8 heteroatoms. The van der Waals surface area contributed by atoms with Gasteiger partial charge in [0.2, 0.25) is 0 Å². The van der Waals surface area contributed by atoms with E-state index >= 15 is 0 Å². The number of carboxylic acid groups (broad SMARTS) is 1. The zero-order valence-corrected chi connectivity index (χ0v) is 17.0. The Bertz CT molecular complexity index is 898. The minimum absolute atomic E-state index is 0.119. The molecule has 1 atom stereocenters. The van der Waals surface area contributed by atoms with Gasteiger partial charge in [-0.05, 0) is 48.6 Å². The first-order valence-corrected chi connectivity index (χ1v) is 11.3. The lowest BCUT2D eigenvalue weighted by Gasteiger charge is -2.17. The summed E-state index contributed by atoms with van der Waals surface area (Å²) < 4.78 is 27.5. The van der Waals surface area contributed by atoms with Gasteiger partial charge in [-0.1, -0.05) is 26.0 Å². The molecule has 6 nitrogen and oxygen atoms in total. The molecule has 0 amide bonds. The molecule has 1 fully saturated rings. The van der Waals surface area contributed by atoms with Crippen molar-refractivity contribution in [3.8, 4) is 10.4 Å². The van der Waals surface area contributed by atoms with Crippen molar-refractivity contribution >= 4 is 33.0 Å². The van der Waals surface area contributed by atoms with Gasteiger partial charge in [0.15, 0.2) is 0 Å². The van der Waals surface area contributed by atoms with Crippen LogP contribution in [0.3, 0.4) is 0 Å². The highest BCUT2D eigenvalue weighted by Crippen LogP contribution is 2.32. The van der Waals surface area contributed by atoms with Crippen molar-refractivity contribution in [1.82, 2.24) is 4.72 Å². The number of hydrogen-bond donors (Lipinski definition) is 2. The number of sulfonamides is 1. The highest BCUT2D eigenvalue weighted by atomic mass is 32.2. The average molecular weight is 409 g/mol. The number of nitrogens with zero attached hydrogens (tertiary/aromatic N) is 1. The van der Waals surface area contributed by atoms with Gasteiger partial charge < -0.3 is 10.0 Å². The summed E-state index contributed by atoms with van der Waals surface area (Å²) >= 11 is 1.14. The first kappa shape index (κ1) is 19.9. The van der Waals surface area contributed by atoms with Crippen LogP contribution in [0, 0.1) is 5.92 Å². The second-order valence-electron chi connectivity index (χ2n) is 7.04. The fraction of sp³-hybridized carbons (Fsp3) is 0.421. The number of carbonyl (C=O) groups is 1. The number of thiophene rings is 1. The van der Waals surface area contributed by atoms with Gasteiger partial charge in [-0.2, -0.15) is 4.72 Å². The second kappa shape index (κ2) is 8.00. The Morgan fingerprint density at radius 2 is 1.74 bits per heavy atom. The molecule has 27 heavy (non-hydrogen) atoms. The molecule has 2 heterocycles. The van der Waals surface area contributed by atoms with Crippen LogP contribution in [0.25, 0.3) is 10.4 Å². The molecule has 1 aromatic heterocycles. The molecule has 0 saturated carbocycles. The van der Waals surface area contributed by atoms with Gasteiger partial charge in [0.05, 0.1) is 0 Å². The number of nitrogens with one attached hydrogen (secondary N) is 1. The summed E-state index contributed by atoms with van der Waals surface area (Å²) in [5.41, 5.74) is 2.13. The average Bonchev–Trinajstić information content (AvgIpc) is 3.31. The van der Waals surface area contributed by atoms with Gasteiger partial charge >= 0.3 is 5.97 Å². The molecular weight excluding hydrogens is 384 g/mol. The normalized spacial score (nSPS) is 16.0. The predicted octanol–water partition coefficient (Wildman–Crippen LogP) is 3.40. The summed E-state index contributed by atoms with van der Waals surface area (Å²) in [5, 5.41) is 9.23. The maximum Gasteiger partial charge on any atom is 0.322 e. The zero-order chi connectivity index (χ0) is 19.6. The van der Waals surface area contributed by atoms with E-state index < -0.39 is 22.0 Å². The quantitative estimate of drug-likeness (QED) is 0.733. The SMILES string of the molecule is CC(C)C(NS(=O)(=O)c1ccc(-c2ccc(N3CCCC3)cc2)s1)C(=O)O. The Labute approximate surface area is 163 Å². The first-order valence-electron chi connectivity index (χ1n) is 8.98. The molecule has 146 valence electrons. The topological polar surface area (TPSA) is 86.7 Å². The third-order valence-electron chi connectivity index (χ3n) is 4.68. The van der Waals surface area contributed by atoms with Gasteiger partial charge in [0, 0.05) is 23.7 Å². The van der Waals surface area contributed by atoms with Gasteiger partial charge in [-0.3, -0.25) is 4.79 Å². The summed E-state index contributed by atoms with van der Waals surface area (Å²) in [6.07, 6.45) is 2.43. The molecule has 2 aromatic rings. The van der Waals surface area contributed by atoms with Crippen LogP contribution in [0.15, 0.2) is 40.6 Å². The van der Waals surface area contributed by atoms with Crippen molar-refractivity contribution in [3.63, 3.8) is 0 Å². The third-order valence-corrected chi connectivity index (χ3v) is 7.75. The summed E-state index contributed by atoms with van der Waals surface area (Å²) in [6, 6.07) is 10.2. The Kier molecular flexibility index (Phi) is 5.88. The van der Waals surface area contributed by atoms with Crippen LogP contribution in [-0.4, -0.2) is 38.6 Å². The fourth-order valence-electron chi connectivity index (χ4n) is 3.13. The van der Waals surface area contributed by atoms with Gasteiger partial charge in [-0.15, -0.1) is 11.3 Å². The van der Waals surface area contributed by atoms with Crippen molar-refractivity contribution in [2.75, 3.05) is 18.0 Å². The summed E-state index contributed by atoms with van der Waals surface area (Å²) in [6.45, 7) is 5.49. The Morgan fingerprint density at radius 3 is 2.30 bits per heavy atom. The maximum absolute atomic E-state index is 12.6. The van der Waals surface area contributed by atoms with E-state index in [0.29, 0.717) is 0 Å². The van der Waals surface area contributed by atoms with E-state index in [-0.39, 0.29) is 10.1 Å². The molecule has 1 saturated heterocycles. The molecule has 3 rings (SSSR count). The molecule has 0 aliphatic carbocycles. The maximum atomic E-state index is 12.6. The van der Waals surface area contributed by atoms with Crippen LogP contribution >= 0.6 is 11.3 Å². The third kappa shape index (κ3) is 4.51. The summed E-state index contributed by atoms with van der Waals surface area (Å²) in [4.78, 5) is 14.5. The zero-order valence-electron chi connectivity index (χ0n) is 15.4. The first-order chi connectivity index (χ1) is 12.8. The van der Waals surface area contributed by atoms with Crippen molar-refractivity contribution in [1.29, 1.82) is 0 Å². The van der Waals surface area contributed by atoms with E-state index in [4.69, 9.17) is 0 Å². The van der Waals surface area contributed by atoms with Gasteiger partial charge in [0.1, 0.15) is 10.3 Å². The van der Waals surface area contributed by atoms with Crippen LogP contribution in [0.4, 0.5) is 5.69 Å². The minimum Gasteiger partial charge on any atom is -0.480 e. The predicted molar refractivity (Wildman–Crippen MR) is 108 cm³/mol. The van der Waals surface area contributed by atoms with Crippen molar-refractivity contribution in [2.45, 2.75) is 36.9 Å². The highest BCUT2D eigenvalue weighted by Gasteiger charge is 2.29. The molecule has 1 unspecified atom stereocenters. The molecule has 0 radical (unpaired) electrons. The lowest BCUT2D eigenvalue weighted by atomic mass is 10.1. The monoisotopic (exact) mass is 408 g/mol. The largest absolute Gasteiger partial charge is 0.480 e. The molecular formula is C19H24N2O4S2. The van der Waals surface area contributed by atoms with Crippen LogP contribution in [-0.2, 0) is 14.8 Å². The van der Waals surface area contributed by atoms with Crippen LogP contribution in [0.1, 0.15) is 26.7 Å². The molecule has 2 N–H and O–H groups in total. The van der Waals surface area contributed by atoms with E-state index in [9.17, 15) is 18.3 Å². The van der Waals surface area contributed by atoms with Crippen molar-refractivity contribution < 1.29 is 18.3 Å². The standard InChI is InChI=1S/C19H24N2O4S2/c1-13(2)18(19(22)23)20-27(24,25)17-10-9-16(26-17)14-5-7-15(8-6-14)21-11-3-4-12-21/h5-10,13,18,20H,3-4,11-12H2,1-2H3,(H,22,23). The van der Waals surface area contributed by atoms with Gasteiger partial charge in [-0.25, -0.2) is 8.42 Å². The van der Waals surface area contributed by atoms with E-state index in [0.717, 1.165) is 34.9 Å². The molecule has 1 aliphatic rings. The number of benzene rings is 1. The number of anilines is 1. The van der Waals surface area contributed by atoms with E-state index in [2.05, 4.69) is 21.8 Å². The number of carboxylic acids is 1. The van der Waals surface area contributed by atoms with Crippen LogP contribution in [0.5, 0.6) is 0 Å². The fourth-order valence-corrected chi connectivity index (χ4v) is 5.79. The number of aliphatic carboxylic acids is 1. The minimum atomic E-state index is -3.88. The summed E-state index contributed by atoms with van der Waals surface area (Å²) in [5.74, 6) is -1.53. The molecule has 0 spiro atoms. The second-order valence-corrected chi connectivity index (χ2v) is 10.1. The highest BCUT2D eigenvalue weighted by molar-refractivity contribution is 7.91. The van der Waals surface area contributed by atoms with E-state index in [1.807, 2.05) is 12.1 Å². The molecule has 1 aliphatic heterocycles. The van der Waals surface area contributed by atoms with Crippen molar-refractivity contribution in [3.05, 3.63) is 36.4 Å². The molecule has 0 bridgehead atoms. The lowest BCUT2D eigenvalue weighted by Crippen LogP contribution is -2.43. The summed E-state index contributed by atoms with van der Waals surface area (Å²) in [7, 11) is -3.88. The van der Waals surface area contributed by atoms with E-state index in [1.54, 1.807) is 19.9 Å². The Morgan fingerprint density at radius 1 is 1.11 bits per heavy atom. The number of rotatable bonds is 7. The van der Waals surface area contributed by atoms with E-state index in [1.165, 1.54) is 24.6 Å². The smallest absolute Gasteiger partial charge is 0.322 e. The van der Waals surface area contributed by atoms with Gasteiger partial charge in [0.25, 0.3) is 10.0 Å². The molecule has 1 aromatic carbocycles. The van der Waals surface area contributed by atoms with Crippen LogP contribution in [0.2, 0.25) is 0 Å². The lowest BCUT2D eigenvalue weighted by molar-refractivity contribution is -0.140. The Hall–Kier alpha value is -1.90. The van der Waals surface area contributed by atoms with Crippen LogP contribution < -0.4 is 9.62 Å².